The van der Waals surface area contributed by atoms with Gasteiger partial charge >= 0.3 is 23.7 Å². The molecule has 0 amide bonds. The first kappa shape index (κ1) is 19.0. The fourth-order valence-corrected chi connectivity index (χ4v) is 1.24. The summed E-state index contributed by atoms with van der Waals surface area (Å²) in [7, 11) is 0. The number of nitrogens with one attached hydrogen (secondary N) is 4. The van der Waals surface area contributed by atoms with Crippen LogP contribution in [-0.2, 0) is 12.4 Å². The summed E-state index contributed by atoms with van der Waals surface area (Å²) in [4.78, 5) is 47.9. The lowest BCUT2D eigenvalue weighted by atomic mass is 10.3. The Morgan fingerprint density at radius 2 is 0.917 bits per heavy atom. The van der Waals surface area contributed by atoms with Crippen LogP contribution in [0.15, 0.2) is 31.6 Å². The van der Waals surface area contributed by atoms with E-state index in [1.807, 2.05) is 0 Å². The number of alkyl halides is 6. The summed E-state index contributed by atoms with van der Waals surface area (Å²) >= 11 is 0. The molecule has 0 aliphatic carbocycles. The molecule has 0 saturated carbocycles. The van der Waals surface area contributed by atoms with Crippen LogP contribution in [0.25, 0.3) is 0 Å². The summed E-state index contributed by atoms with van der Waals surface area (Å²) in [5, 5.41) is 0. The van der Waals surface area contributed by atoms with Gasteiger partial charge in [0, 0.05) is 12.4 Å². The molecule has 2 rings (SSSR count). The van der Waals surface area contributed by atoms with Crippen molar-refractivity contribution >= 4 is 0 Å². The van der Waals surface area contributed by atoms with E-state index in [0.29, 0.717) is 12.4 Å². The molecule has 4 N–H and O–H groups in total. The quantitative estimate of drug-likeness (QED) is 0.499. The van der Waals surface area contributed by atoms with E-state index in [0.717, 1.165) is 0 Å². The first-order valence-electron chi connectivity index (χ1n) is 5.61. The predicted molar refractivity (Wildman–Crippen MR) is 65.4 cm³/mol. The average molecular weight is 360 g/mol. The Labute approximate surface area is 125 Å². The van der Waals surface area contributed by atoms with Gasteiger partial charge in [-0.05, 0) is 0 Å². The summed E-state index contributed by atoms with van der Waals surface area (Å²) in [6.07, 6.45) is -8.81. The number of hydrogen-bond acceptors (Lipinski definition) is 4. The molecule has 0 saturated heterocycles. The molecular weight excluding hydrogens is 354 g/mol. The van der Waals surface area contributed by atoms with Crippen molar-refractivity contribution in [3.63, 3.8) is 0 Å². The molecule has 2 aromatic rings. The molecule has 14 heteroatoms. The Hall–Kier alpha value is -3.06. The number of hydrogen-bond donors (Lipinski definition) is 4. The fraction of sp³-hybridized carbons (Fsp3) is 0.200. The molecule has 0 bridgehead atoms. The maximum Gasteiger partial charge on any atom is 0.423 e. The molecule has 0 aromatic carbocycles. The third kappa shape index (κ3) is 4.99. The highest BCUT2D eigenvalue weighted by Crippen LogP contribution is 2.25. The van der Waals surface area contributed by atoms with E-state index >= 15 is 0 Å². The van der Waals surface area contributed by atoms with E-state index in [2.05, 4.69) is 0 Å². The Kier molecular flexibility index (Phi) is 5.22. The van der Waals surface area contributed by atoms with Gasteiger partial charge in [0.1, 0.15) is 11.1 Å². The SMILES string of the molecule is O=c1[nH]cc(C(F)(F)F)c(=O)[nH]1.O=c1[nH]cc(C(F)(F)F)c(=O)[nH]1. The third-order valence-electron chi connectivity index (χ3n) is 2.25. The topological polar surface area (TPSA) is 131 Å². The van der Waals surface area contributed by atoms with E-state index < -0.39 is 46.0 Å². The minimum Gasteiger partial charge on any atom is -0.313 e. The lowest BCUT2D eigenvalue weighted by Gasteiger charge is -2.02. The van der Waals surface area contributed by atoms with Gasteiger partial charge in [0.15, 0.2) is 0 Å². The van der Waals surface area contributed by atoms with Crippen LogP contribution in [0, 0.1) is 0 Å². The number of halogens is 6. The van der Waals surface area contributed by atoms with Crippen molar-refractivity contribution in [2.24, 2.45) is 0 Å². The largest absolute Gasteiger partial charge is 0.423 e. The summed E-state index contributed by atoms with van der Waals surface area (Å²) in [6, 6.07) is 0. The van der Waals surface area contributed by atoms with Gasteiger partial charge < -0.3 is 9.97 Å². The van der Waals surface area contributed by atoms with Crippen molar-refractivity contribution in [2.75, 3.05) is 0 Å². The summed E-state index contributed by atoms with van der Waals surface area (Å²) in [5.74, 6) is 0. The molecule has 132 valence electrons. The zero-order chi connectivity index (χ0) is 18.7. The molecule has 24 heavy (non-hydrogen) atoms. The van der Waals surface area contributed by atoms with Crippen molar-refractivity contribution in [1.29, 1.82) is 0 Å². The second kappa shape index (κ2) is 6.59. The van der Waals surface area contributed by atoms with Crippen molar-refractivity contribution < 1.29 is 26.3 Å². The van der Waals surface area contributed by atoms with Crippen LogP contribution >= 0.6 is 0 Å². The van der Waals surface area contributed by atoms with Crippen molar-refractivity contribution in [1.82, 2.24) is 19.9 Å². The first-order chi connectivity index (χ1) is 10.8. The van der Waals surface area contributed by atoms with Gasteiger partial charge in [0.2, 0.25) is 0 Å². The fourth-order valence-electron chi connectivity index (χ4n) is 1.24. The molecule has 0 atom stereocenters. The van der Waals surface area contributed by atoms with Gasteiger partial charge in [-0.25, -0.2) is 9.59 Å². The summed E-state index contributed by atoms with van der Waals surface area (Å²) < 4.78 is 71.0. The van der Waals surface area contributed by atoms with Gasteiger partial charge in [0.25, 0.3) is 11.1 Å². The predicted octanol–water partition coefficient (Wildman–Crippen LogP) is 0.164. The van der Waals surface area contributed by atoms with Crippen LogP contribution in [0.2, 0.25) is 0 Å². The van der Waals surface area contributed by atoms with Crippen LogP contribution in [-0.4, -0.2) is 19.9 Å². The van der Waals surface area contributed by atoms with Gasteiger partial charge in [-0.2, -0.15) is 26.3 Å². The highest BCUT2D eigenvalue weighted by molar-refractivity contribution is 5.08. The number of aromatic amines is 4. The Bertz CT molecular complexity index is 855. The zero-order valence-electron chi connectivity index (χ0n) is 11.1. The molecule has 0 fully saturated rings. The first-order valence-corrected chi connectivity index (χ1v) is 5.61. The lowest BCUT2D eigenvalue weighted by Crippen LogP contribution is -2.28. The maximum absolute atomic E-state index is 11.8. The smallest absolute Gasteiger partial charge is 0.313 e. The molecule has 8 nitrogen and oxygen atoms in total. The van der Waals surface area contributed by atoms with Crippen molar-refractivity contribution in [3.8, 4) is 0 Å². The minimum atomic E-state index is -4.74. The second-order valence-corrected chi connectivity index (χ2v) is 3.97. The highest BCUT2D eigenvalue weighted by atomic mass is 19.4. The number of rotatable bonds is 0. The molecule has 2 aromatic heterocycles. The Balaban J connectivity index is 0.000000240. The number of H-pyrrole nitrogens is 4. The summed E-state index contributed by atoms with van der Waals surface area (Å²) in [5.41, 5.74) is -7.64. The van der Waals surface area contributed by atoms with E-state index in [-0.39, 0.29) is 0 Å². The van der Waals surface area contributed by atoms with Gasteiger partial charge in [0.05, 0.1) is 0 Å². The average Bonchev–Trinajstić information content (AvgIpc) is 2.35. The Morgan fingerprint density at radius 1 is 0.625 bits per heavy atom. The molecule has 0 spiro atoms. The molecule has 0 radical (unpaired) electrons. The van der Waals surface area contributed by atoms with Crippen LogP contribution < -0.4 is 22.5 Å². The lowest BCUT2D eigenvalue weighted by molar-refractivity contribution is -0.139. The van der Waals surface area contributed by atoms with Crippen LogP contribution in [0.5, 0.6) is 0 Å². The monoisotopic (exact) mass is 360 g/mol. The summed E-state index contributed by atoms with van der Waals surface area (Å²) in [6.45, 7) is 0. The molecule has 0 aliphatic rings. The van der Waals surface area contributed by atoms with E-state index in [4.69, 9.17) is 0 Å². The van der Waals surface area contributed by atoms with Gasteiger partial charge in [-0.15, -0.1) is 0 Å². The van der Waals surface area contributed by atoms with Crippen LogP contribution in [0.4, 0.5) is 26.3 Å². The molecule has 0 aliphatic heterocycles. The second-order valence-electron chi connectivity index (χ2n) is 3.97. The maximum atomic E-state index is 11.8. The Morgan fingerprint density at radius 3 is 1.12 bits per heavy atom. The number of aromatic nitrogens is 4. The van der Waals surface area contributed by atoms with Crippen LogP contribution in [0.3, 0.4) is 0 Å². The van der Waals surface area contributed by atoms with E-state index in [9.17, 15) is 45.5 Å². The molecule has 0 unspecified atom stereocenters. The zero-order valence-corrected chi connectivity index (χ0v) is 11.1. The van der Waals surface area contributed by atoms with Crippen molar-refractivity contribution in [2.45, 2.75) is 12.4 Å². The third-order valence-corrected chi connectivity index (χ3v) is 2.25. The van der Waals surface area contributed by atoms with E-state index in [1.54, 1.807) is 9.97 Å². The van der Waals surface area contributed by atoms with Crippen molar-refractivity contribution in [3.05, 3.63) is 65.2 Å². The minimum absolute atomic E-state index is 0.334. The normalized spacial score (nSPS) is 11.6. The van der Waals surface area contributed by atoms with Crippen LogP contribution in [0.1, 0.15) is 11.1 Å². The standard InChI is InChI=1S/2C5H3F3N2O2/c2*6-5(7,8)2-1-9-4(12)10-3(2)11/h2*1H,(H2,9,10,11,12). The highest BCUT2D eigenvalue weighted by Gasteiger charge is 2.34. The molecule has 2 heterocycles. The van der Waals surface area contributed by atoms with E-state index in [1.165, 1.54) is 9.97 Å². The van der Waals surface area contributed by atoms with Gasteiger partial charge in [-0.1, -0.05) is 0 Å². The molecular formula is C10H6F6N4O4. The van der Waals surface area contributed by atoms with Gasteiger partial charge in [-0.3, -0.25) is 19.6 Å².